The maximum absolute atomic E-state index is 6.11. The van der Waals surface area contributed by atoms with Crippen molar-refractivity contribution in [2.24, 2.45) is 0 Å². The van der Waals surface area contributed by atoms with E-state index < -0.39 is 0 Å². The van der Waals surface area contributed by atoms with Gasteiger partial charge in [-0.3, -0.25) is 0 Å². The number of nitrogens with zero attached hydrogens (tertiary/aromatic N) is 2. The third kappa shape index (κ3) is 3.20. The second-order valence-corrected chi connectivity index (χ2v) is 5.75. The highest BCUT2D eigenvalue weighted by Crippen LogP contribution is 2.30. The summed E-state index contributed by atoms with van der Waals surface area (Å²) < 4.78 is 5.26. The minimum atomic E-state index is 0.433. The highest BCUT2D eigenvalue weighted by molar-refractivity contribution is 7.98. The average molecular weight is 318 g/mol. The van der Waals surface area contributed by atoms with Crippen LogP contribution < -0.4 is 5.73 Å². The monoisotopic (exact) mass is 317 g/mol. The summed E-state index contributed by atoms with van der Waals surface area (Å²) >= 11 is 7.68. The Bertz CT molecular complexity index is 760. The molecule has 3 aromatic rings. The van der Waals surface area contributed by atoms with Crippen molar-refractivity contribution in [3.05, 3.63) is 59.4 Å². The SMILES string of the molecule is Nc1ccccc1-c1nc(CSc2ccccc2Cl)no1. The summed E-state index contributed by atoms with van der Waals surface area (Å²) in [6.07, 6.45) is 0. The van der Waals surface area contributed by atoms with Gasteiger partial charge in [0.25, 0.3) is 5.89 Å². The molecule has 0 radical (unpaired) electrons. The number of nitrogens with two attached hydrogens (primary N) is 1. The number of aromatic nitrogens is 2. The van der Waals surface area contributed by atoms with E-state index in [1.807, 2.05) is 42.5 Å². The molecule has 0 saturated carbocycles. The molecule has 21 heavy (non-hydrogen) atoms. The second kappa shape index (κ2) is 6.20. The Balaban J connectivity index is 1.74. The lowest BCUT2D eigenvalue weighted by Gasteiger charge is -2.00. The van der Waals surface area contributed by atoms with Crippen LogP contribution in [0.3, 0.4) is 0 Å². The van der Waals surface area contributed by atoms with Crippen molar-refractivity contribution in [1.82, 2.24) is 10.1 Å². The molecular formula is C15H12ClN3OS. The molecule has 0 atom stereocenters. The van der Waals surface area contributed by atoms with Crippen LogP contribution >= 0.6 is 23.4 Å². The van der Waals surface area contributed by atoms with E-state index in [0.717, 1.165) is 15.5 Å². The number of benzene rings is 2. The predicted octanol–water partition coefficient (Wildman–Crippen LogP) is 4.26. The molecule has 0 aliphatic carbocycles. The summed E-state index contributed by atoms with van der Waals surface area (Å²) in [5.74, 6) is 1.63. The molecule has 0 bridgehead atoms. The van der Waals surface area contributed by atoms with Crippen molar-refractivity contribution < 1.29 is 4.52 Å². The first-order chi connectivity index (χ1) is 10.2. The first kappa shape index (κ1) is 14.0. The van der Waals surface area contributed by atoms with Crippen LogP contribution in [-0.4, -0.2) is 10.1 Å². The third-order valence-electron chi connectivity index (χ3n) is 2.85. The largest absolute Gasteiger partial charge is 0.398 e. The molecule has 2 aromatic carbocycles. The smallest absolute Gasteiger partial charge is 0.260 e. The van der Waals surface area contributed by atoms with Crippen LogP contribution in [0.15, 0.2) is 57.9 Å². The Kier molecular flexibility index (Phi) is 4.13. The molecule has 106 valence electrons. The fourth-order valence-corrected chi connectivity index (χ4v) is 2.90. The van der Waals surface area contributed by atoms with E-state index in [2.05, 4.69) is 10.1 Å². The summed E-state index contributed by atoms with van der Waals surface area (Å²) in [4.78, 5) is 5.35. The van der Waals surface area contributed by atoms with Crippen LogP contribution in [0.25, 0.3) is 11.5 Å². The van der Waals surface area contributed by atoms with Crippen LogP contribution in [0.1, 0.15) is 5.82 Å². The van der Waals surface area contributed by atoms with Gasteiger partial charge in [-0.15, -0.1) is 11.8 Å². The minimum absolute atomic E-state index is 0.433. The first-order valence-electron chi connectivity index (χ1n) is 6.29. The molecule has 1 aromatic heterocycles. The molecule has 2 N–H and O–H groups in total. The zero-order chi connectivity index (χ0) is 14.7. The van der Waals surface area contributed by atoms with Gasteiger partial charge in [0, 0.05) is 10.6 Å². The summed E-state index contributed by atoms with van der Waals surface area (Å²) in [7, 11) is 0. The second-order valence-electron chi connectivity index (χ2n) is 4.32. The van der Waals surface area contributed by atoms with E-state index in [0.29, 0.717) is 23.2 Å². The van der Waals surface area contributed by atoms with Crippen molar-refractivity contribution in [2.75, 3.05) is 5.73 Å². The number of thioether (sulfide) groups is 1. The molecule has 0 fully saturated rings. The van der Waals surface area contributed by atoms with Gasteiger partial charge in [-0.25, -0.2) is 0 Å². The van der Waals surface area contributed by atoms with Crippen molar-refractivity contribution >= 4 is 29.1 Å². The van der Waals surface area contributed by atoms with Crippen molar-refractivity contribution in [3.8, 4) is 11.5 Å². The standard InChI is InChI=1S/C15H12ClN3OS/c16-11-6-2-4-8-13(11)21-9-14-18-15(20-19-14)10-5-1-3-7-12(10)17/h1-8H,9,17H2. The van der Waals surface area contributed by atoms with Crippen molar-refractivity contribution in [1.29, 1.82) is 0 Å². The Hall–Kier alpha value is -1.98. The van der Waals surface area contributed by atoms with Crippen molar-refractivity contribution in [2.45, 2.75) is 10.6 Å². The van der Waals surface area contributed by atoms with Crippen molar-refractivity contribution in [3.63, 3.8) is 0 Å². The Labute approximate surface area is 131 Å². The Morgan fingerprint density at radius 1 is 1.10 bits per heavy atom. The molecule has 0 saturated heterocycles. The van der Waals surface area contributed by atoms with Gasteiger partial charge in [-0.1, -0.05) is 41.0 Å². The molecule has 6 heteroatoms. The van der Waals surface area contributed by atoms with Gasteiger partial charge in [0.2, 0.25) is 0 Å². The first-order valence-corrected chi connectivity index (χ1v) is 7.65. The van der Waals surface area contributed by atoms with Gasteiger partial charge >= 0.3 is 0 Å². The van der Waals surface area contributed by atoms with Crippen LogP contribution in [0.2, 0.25) is 5.02 Å². The van der Waals surface area contributed by atoms with Crippen LogP contribution in [-0.2, 0) is 5.75 Å². The summed E-state index contributed by atoms with van der Waals surface area (Å²) in [5.41, 5.74) is 7.26. The van der Waals surface area contributed by atoms with Gasteiger partial charge in [0.1, 0.15) is 0 Å². The number of hydrogen-bond donors (Lipinski definition) is 1. The molecule has 0 aliphatic heterocycles. The maximum Gasteiger partial charge on any atom is 0.260 e. The summed E-state index contributed by atoms with van der Waals surface area (Å²) in [6.45, 7) is 0. The number of anilines is 1. The number of para-hydroxylation sites is 1. The number of halogens is 1. The minimum Gasteiger partial charge on any atom is -0.398 e. The number of hydrogen-bond acceptors (Lipinski definition) is 5. The molecule has 1 heterocycles. The number of rotatable bonds is 4. The number of nitrogen functional groups attached to an aromatic ring is 1. The Morgan fingerprint density at radius 3 is 2.67 bits per heavy atom. The lowest BCUT2D eigenvalue weighted by atomic mass is 10.2. The van der Waals surface area contributed by atoms with Gasteiger partial charge in [0.15, 0.2) is 5.82 Å². The summed E-state index contributed by atoms with van der Waals surface area (Å²) in [5, 5.41) is 4.69. The highest BCUT2D eigenvalue weighted by atomic mass is 35.5. The van der Waals surface area contributed by atoms with Gasteiger partial charge in [0.05, 0.1) is 16.3 Å². The predicted molar refractivity (Wildman–Crippen MR) is 85.2 cm³/mol. The van der Waals surface area contributed by atoms with E-state index in [-0.39, 0.29) is 0 Å². The fourth-order valence-electron chi connectivity index (χ4n) is 1.82. The lowest BCUT2D eigenvalue weighted by Crippen LogP contribution is -1.89. The topological polar surface area (TPSA) is 64.9 Å². The van der Waals surface area contributed by atoms with Gasteiger partial charge in [-0.05, 0) is 24.3 Å². The van der Waals surface area contributed by atoms with E-state index in [1.54, 1.807) is 17.8 Å². The molecular weight excluding hydrogens is 306 g/mol. The van der Waals surface area contributed by atoms with Crippen LogP contribution in [0.5, 0.6) is 0 Å². The normalized spacial score (nSPS) is 10.7. The lowest BCUT2D eigenvalue weighted by molar-refractivity contribution is 0.425. The molecule has 0 aliphatic rings. The van der Waals surface area contributed by atoms with Gasteiger partial charge in [-0.2, -0.15) is 4.98 Å². The molecule has 4 nitrogen and oxygen atoms in total. The zero-order valence-corrected chi connectivity index (χ0v) is 12.6. The van der Waals surface area contributed by atoms with Crippen LogP contribution in [0.4, 0.5) is 5.69 Å². The van der Waals surface area contributed by atoms with Crippen LogP contribution in [0, 0.1) is 0 Å². The molecule has 0 spiro atoms. The third-order valence-corrected chi connectivity index (χ3v) is 4.36. The quantitative estimate of drug-likeness (QED) is 0.575. The maximum atomic E-state index is 6.11. The highest BCUT2D eigenvalue weighted by Gasteiger charge is 2.11. The molecule has 3 rings (SSSR count). The van der Waals surface area contributed by atoms with E-state index in [4.69, 9.17) is 21.9 Å². The summed E-state index contributed by atoms with van der Waals surface area (Å²) in [6, 6.07) is 15.1. The zero-order valence-electron chi connectivity index (χ0n) is 11.0. The average Bonchev–Trinajstić information content (AvgIpc) is 2.96. The molecule has 0 unspecified atom stereocenters. The Morgan fingerprint density at radius 2 is 1.86 bits per heavy atom. The van der Waals surface area contributed by atoms with E-state index in [9.17, 15) is 0 Å². The van der Waals surface area contributed by atoms with E-state index in [1.165, 1.54) is 0 Å². The van der Waals surface area contributed by atoms with E-state index >= 15 is 0 Å². The molecule has 0 amide bonds. The van der Waals surface area contributed by atoms with Gasteiger partial charge < -0.3 is 10.3 Å². The fraction of sp³-hybridized carbons (Fsp3) is 0.0667.